The molecule has 11 heavy (non-hydrogen) atoms. The molecular formula is C10H15N. The van der Waals surface area contributed by atoms with Crippen molar-refractivity contribution in [2.45, 2.75) is 19.3 Å². The maximum atomic E-state index is 5.79. The topological polar surface area (TPSA) is 26.0 Å². The van der Waals surface area contributed by atoms with E-state index in [2.05, 4.69) is 24.3 Å². The Morgan fingerprint density at radius 1 is 1.36 bits per heavy atom. The van der Waals surface area contributed by atoms with Crippen LogP contribution in [0.4, 0.5) is 0 Å². The van der Waals surface area contributed by atoms with Gasteiger partial charge < -0.3 is 5.73 Å². The van der Waals surface area contributed by atoms with Crippen LogP contribution >= 0.6 is 0 Å². The molecule has 0 aromatic rings. The van der Waals surface area contributed by atoms with Crippen molar-refractivity contribution in [3.63, 3.8) is 0 Å². The van der Waals surface area contributed by atoms with Crippen molar-refractivity contribution < 1.29 is 0 Å². The van der Waals surface area contributed by atoms with E-state index in [-0.39, 0.29) is 0 Å². The zero-order chi connectivity index (χ0) is 7.73. The van der Waals surface area contributed by atoms with Gasteiger partial charge in [-0.3, -0.25) is 0 Å². The Labute approximate surface area is 68.0 Å². The molecule has 60 valence electrons. The number of hydrogen-bond donors (Lipinski definition) is 1. The van der Waals surface area contributed by atoms with Gasteiger partial charge >= 0.3 is 0 Å². The minimum absolute atomic E-state index is 0.342. The van der Waals surface area contributed by atoms with Gasteiger partial charge in [-0.25, -0.2) is 0 Å². The van der Waals surface area contributed by atoms with Crippen molar-refractivity contribution in [3.8, 4) is 0 Å². The predicted molar refractivity (Wildman–Crippen MR) is 47.1 cm³/mol. The lowest BCUT2D eigenvalue weighted by Gasteiger charge is -2.29. The average molecular weight is 149 g/mol. The van der Waals surface area contributed by atoms with Crippen LogP contribution in [0.25, 0.3) is 0 Å². The Morgan fingerprint density at radius 2 is 2.18 bits per heavy atom. The Bertz CT molecular complexity index is 201. The molecule has 2 aliphatic rings. The van der Waals surface area contributed by atoms with Gasteiger partial charge in [0.25, 0.3) is 0 Å². The molecule has 0 heterocycles. The van der Waals surface area contributed by atoms with Crippen molar-refractivity contribution >= 4 is 0 Å². The molecule has 1 saturated carbocycles. The van der Waals surface area contributed by atoms with E-state index >= 15 is 0 Å². The summed E-state index contributed by atoms with van der Waals surface area (Å²) in [5.74, 6) is 0.883. The molecule has 2 rings (SSSR count). The molecule has 0 spiro atoms. The van der Waals surface area contributed by atoms with E-state index in [0.717, 1.165) is 18.9 Å². The average Bonchev–Trinajstić information content (AvgIpc) is 2.88. The number of rotatable bonds is 2. The molecule has 1 atom stereocenters. The predicted octanol–water partition coefficient (Wildman–Crippen LogP) is 1.86. The van der Waals surface area contributed by atoms with Crippen LogP contribution in [0, 0.1) is 11.3 Å². The van der Waals surface area contributed by atoms with Gasteiger partial charge in [-0.05, 0) is 25.2 Å². The number of hydrogen-bond acceptors (Lipinski definition) is 1. The summed E-state index contributed by atoms with van der Waals surface area (Å²) in [6, 6.07) is 0. The summed E-state index contributed by atoms with van der Waals surface area (Å²) in [5.41, 5.74) is 6.14. The highest BCUT2D eigenvalue weighted by molar-refractivity contribution is 5.20. The van der Waals surface area contributed by atoms with Gasteiger partial charge in [0, 0.05) is 12.0 Å². The Morgan fingerprint density at radius 3 is 2.64 bits per heavy atom. The maximum absolute atomic E-state index is 5.79. The van der Waals surface area contributed by atoms with Crippen LogP contribution in [0.2, 0.25) is 0 Å². The summed E-state index contributed by atoms with van der Waals surface area (Å²) in [6.07, 6.45) is 12.7. The molecular weight excluding hydrogens is 134 g/mol. The molecule has 0 aromatic heterocycles. The first kappa shape index (κ1) is 7.11. The molecule has 1 nitrogen and oxygen atoms in total. The van der Waals surface area contributed by atoms with Gasteiger partial charge in [0.2, 0.25) is 0 Å². The summed E-state index contributed by atoms with van der Waals surface area (Å²) in [5, 5.41) is 0. The number of nitrogens with two attached hydrogens (primary N) is 1. The quantitative estimate of drug-likeness (QED) is 0.637. The van der Waals surface area contributed by atoms with Gasteiger partial charge in [0.05, 0.1) is 0 Å². The van der Waals surface area contributed by atoms with Gasteiger partial charge in [-0.15, -0.1) is 0 Å². The summed E-state index contributed by atoms with van der Waals surface area (Å²) in [4.78, 5) is 0. The maximum Gasteiger partial charge on any atom is 0.00702 e. The molecule has 0 radical (unpaired) electrons. The van der Waals surface area contributed by atoms with Gasteiger partial charge in [-0.2, -0.15) is 0 Å². The minimum atomic E-state index is 0.342. The van der Waals surface area contributed by atoms with Crippen LogP contribution in [0.1, 0.15) is 19.3 Å². The molecule has 0 amide bonds. The van der Waals surface area contributed by atoms with Crippen molar-refractivity contribution in [2.24, 2.45) is 17.1 Å². The molecule has 1 heteroatoms. The first-order valence-electron chi connectivity index (χ1n) is 4.42. The van der Waals surface area contributed by atoms with Crippen LogP contribution in [0.3, 0.4) is 0 Å². The van der Waals surface area contributed by atoms with Crippen molar-refractivity contribution in [3.05, 3.63) is 24.3 Å². The van der Waals surface area contributed by atoms with E-state index in [4.69, 9.17) is 5.73 Å². The van der Waals surface area contributed by atoms with E-state index in [9.17, 15) is 0 Å². The van der Waals surface area contributed by atoms with Gasteiger partial charge in [0.15, 0.2) is 0 Å². The Balaban J connectivity index is 2.15. The highest BCUT2D eigenvalue weighted by Crippen LogP contribution is 2.49. The lowest BCUT2D eigenvalue weighted by atomic mass is 9.77. The third-order valence-electron chi connectivity index (χ3n) is 2.94. The van der Waals surface area contributed by atoms with Crippen LogP contribution in [-0.4, -0.2) is 6.54 Å². The second kappa shape index (κ2) is 2.49. The fraction of sp³-hybridized carbons (Fsp3) is 0.600. The zero-order valence-electron chi connectivity index (χ0n) is 6.79. The Hall–Kier alpha value is -0.560. The smallest absolute Gasteiger partial charge is 0.00702 e. The van der Waals surface area contributed by atoms with Gasteiger partial charge in [-0.1, -0.05) is 24.3 Å². The van der Waals surface area contributed by atoms with Crippen LogP contribution in [-0.2, 0) is 0 Å². The summed E-state index contributed by atoms with van der Waals surface area (Å²) >= 11 is 0. The van der Waals surface area contributed by atoms with Crippen molar-refractivity contribution in [1.82, 2.24) is 0 Å². The van der Waals surface area contributed by atoms with E-state index in [1.165, 1.54) is 12.8 Å². The fourth-order valence-electron chi connectivity index (χ4n) is 1.96. The highest BCUT2D eigenvalue weighted by Gasteiger charge is 2.41. The largest absolute Gasteiger partial charge is 0.330 e. The van der Waals surface area contributed by atoms with Gasteiger partial charge in [0.1, 0.15) is 0 Å². The summed E-state index contributed by atoms with van der Waals surface area (Å²) < 4.78 is 0. The summed E-state index contributed by atoms with van der Waals surface area (Å²) in [6.45, 7) is 0.818. The van der Waals surface area contributed by atoms with E-state index in [0.29, 0.717) is 5.41 Å². The van der Waals surface area contributed by atoms with Crippen molar-refractivity contribution in [2.75, 3.05) is 6.54 Å². The molecule has 1 fully saturated rings. The highest BCUT2D eigenvalue weighted by atomic mass is 14.6. The molecule has 0 bridgehead atoms. The normalized spacial score (nSPS) is 36.1. The van der Waals surface area contributed by atoms with E-state index < -0.39 is 0 Å². The monoisotopic (exact) mass is 149 g/mol. The summed E-state index contributed by atoms with van der Waals surface area (Å²) in [7, 11) is 0. The molecule has 0 saturated heterocycles. The first-order chi connectivity index (χ1) is 5.37. The molecule has 0 aliphatic heterocycles. The van der Waals surface area contributed by atoms with Crippen LogP contribution < -0.4 is 5.73 Å². The lowest BCUT2D eigenvalue weighted by Crippen LogP contribution is -2.30. The molecule has 2 N–H and O–H groups in total. The van der Waals surface area contributed by atoms with E-state index in [1.807, 2.05) is 0 Å². The van der Waals surface area contributed by atoms with Crippen molar-refractivity contribution in [1.29, 1.82) is 0 Å². The third kappa shape index (κ3) is 1.14. The molecule has 0 aromatic carbocycles. The first-order valence-corrected chi connectivity index (χ1v) is 4.42. The Kier molecular flexibility index (Phi) is 1.61. The SMILES string of the molecule is NCC1(C2CC2)C=CC=CC1. The molecule has 2 aliphatic carbocycles. The second-order valence-electron chi connectivity index (χ2n) is 3.70. The van der Waals surface area contributed by atoms with Crippen LogP contribution in [0.5, 0.6) is 0 Å². The second-order valence-corrected chi connectivity index (χ2v) is 3.70. The standard InChI is InChI=1S/C10H15N/c11-8-10(9-4-5-9)6-2-1-3-7-10/h1-3,6,9H,4-5,7-8,11H2. The third-order valence-corrected chi connectivity index (χ3v) is 2.94. The number of allylic oxidation sites excluding steroid dienone is 3. The molecule has 1 unspecified atom stereocenters. The van der Waals surface area contributed by atoms with Crippen LogP contribution in [0.15, 0.2) is 24.3 Å². The minimum Gasteiger partial charge on any atom is -0.330 e. The lowest BCUT2D eigenvalue weighted by molar-refractivity contribution is 0.338. The van der Waals surface area contributed by atoms with E-state index in [1.54, 1.807) is 0 Å². The zero-order valence-corrected chi connectivity index (χ0v) is 6.79. The fourth-order valence-corrected chi connectivity index (χ4v) is 1.96.